The predicted octanol–water partition coefficient (Wildman–Crippen LogP) is 2.79. The van der Waals surface area contributed by atoms with Crippen molar-refractivity contribution in [3.05, 3.63) is 29.4 Å². The molecule has 2 heterocycles. The molecule has 3 rings (SSSR count). The third-order valence-corrected chi connectivity index (χ3v) is 3.89. The maximum absolute atomic E-state index is 6.09. The van der Waals surface area contributed by atoms with Gasteiger partial charge in [0.15, 0.2) is 11.0 Å². The first-order valence-electron chi connectivity index (χ1n) is 6.60. The van der Waals surface area contributed by atoms with Crippen molar-refractivity contribution in [2.24, 2.45) is 0 Å². The molecule has 1 aromatic heterocycles. The van der Waals surface area contributed by atoms with E-state index in [0.717, 1.165) is 23.1 Å². The standard InChI is InChI=1S/C14H17ClN4/c1-19-8-4-5-10(9-19)16-14-12-7-3-2-6-11(12)13(15)17-18-14/h2-3,6-7,10H,4-5,8-9H2,1H3,(H,16,18). The first-order chi connectivity index (χ1) is 9.24. The molecule has 0 aliphatic carbocycles. The Morgan fingerprint density at radius 3 is 2.84 bits per heavy atom. The molecule has 1 saturated heterocycles. The van der Waals surface area contributed by atoms with E-state index in [1.807, 2.05) is 24.3 Å². The summed E-state index contributed by atoms with van der Waals surface area (Å²) in [7, 11) is 2.15. The number of nitrogens with one attached hydrogen (secondary N) is 1. The maximum Gasteiger partial charge on any atom is 0.159 e. The number of halogens is 1. The zero-order valence-electron chi connectivity index (χ0n) is 10.9. The van der Waals surface area contributed by atoms with E-state index in [4.69, 9.17) is 11.6 Å². The van der Waals surface area contributed by atoms with Crippen LogP contribution in [0.5, 0.6) is 0 Å². The van der Waals surface area contributed by atoms with E-state index in [-0.39, 0.29) is 0 Å². The number of fused-ring (bicyclic) bond motifs is 1. The summed E-state index contributed by atoms with van der Waals surface area (Å²) in [5.41, 5.74) is 0. The lowest BCUT2D eigenvalue weighted by molar-refractivity contribution is 0.261. The van der Waals surface area contributed by atoms with Gasteiger partial charge in [0, 0.05) is 23.4 Å². The molecule has 100 valence electrons. The second-order valence-electron chi connectivity index (χ2n) is 5.13. The molecular weight excluding hydrogens is 260 g/mol. The minimum Gasteiger partial charge on any atom is -0.364 e. The van der Waals surface area contributed by atoms with Gasteiger partial charge in [-0.25, -0.2) is 0 Å². The number of likely N-dealkylation sites (tertiary alicyclic amines) is 1. The van der Waals surface area contributed by atoms with E-state index in [0.29, 0.717) is 11.2 Å². The quantitative estimate of drug-likeness (QED) is 0.916. The Kier molecular flexibility index (Phi) is 3.53. The third kappa shape index (κ3) is 2.65. The molecular formula is C14H17ClN4. The molecule has 5 heteroatoms. The highest BCUT2D eigenvalue weighted by molar-refractivity contribution is 6.34. The summed E-state index contributed by atoms with van der Waals surface area (Å²) < 4.78 is 0. The summed E-state index contributed by atoms with van der Waals surface area (Å²) in [4.78, 5) is 2.34. The van der Waals surface area contributed by atoms with Crippen LogP contribution < -0.4 is 5.32 Å². The number of benzene rings is 1. The first-order valence-corrected chi connectivity index (χ1v) is 6.98. The van der Waals surface area contributed by atoms with Gasteiger partial charge >= 0.3 is 0 Å². The van der Waals surface area contributed by atoms with Crippen LogP contribution in [-0.2, 0) is 0 Å². The first kappa shape index (κ1) is 12.6. The molecule has 1 unspecified atom stereocenters. The second kappa shape index (κ2) is 5.31. The van der Waals surface area contributed by atoms with Crippen molar-refractivity contribution in [2.75, 3.05) is 25.5 Å². The number of rotatable bonds is 2. The summed E-state index contributed by atoms with van der Waals surface area (Å²) >= 11 is 6.09. The predicted molar refractivity (Wildman–Crippen MR) is 78.7 cm³/mol. The summed E-state index contributed by atoms with van der Waals surface area (Å²) in [6.07, 6.45) is 2.39. The van der Waals surface area contributed by atoms with Gasteiger partial charge in [0.2, 0.25) is 0 Å². The van der Waals surface area contributed by atoms with Gasteiger partial charge in [0.25, 0.3) is 0 Å². The van der Waals surface area contributed by atoms with Crippen molar-refractivity contribution < 1.29 is 0 Å². The fourth-order valence-corrected chi connectivity index (χ4v) is 2.86. The van der Waals surface area contributed by atoms with Crippen molar-refractivity contribution in [3.63, 3.8) is 0 Å². The molecule has 1 aliphatic rings. The highest BCUT2D eigenvalue weighted by Crippen LogP contribution is 2.26. The second-order valence-corrected chi connectivity index (χ2v) is 5.49. The SMILES string of the molecule is CN1CCCC(Nc2nnc(Cl)c3ccccc23)C1. The number of piperidine rings is 1. The van der Waals surface area contributed by atoms with Crippen molar-refractivity contribution in [1.82, 2.24) is 15.1 Å². The highest BCUT2D eigenvalue weighted by Gasteiger charge is 2.18. The molecule has 19 heavy (non-hydrogen) atoms. The third-order valence-electron chi connectivity index (χ3n) is 3.61. The lowest BCUT2D eigenvalue weighted by Crippen LogP contribution is -2.40. The zero-order chi connectivity index (χ0) is 13.2. The van der Waals surface area contributed by atoms with Crippen LogP contribution in [0.1, 0.15) is 12.8 Å². The largest absolute Gasteiger partial charge is 0.364 e. The number of hydrogen-bond acceptors (Lipinski definition) is 4. The Morgan fingerprint density at radius 1 is 1.26 bits per heavy atom. The fraction of sp³-hybridized carbons (Fsp3) is 0.429. The monoisotopic (exact) mass is 276 g/mol. The summed E-state index contributed by atoms with van der Waals surface area (Å²) in [5.74, 6) is 0.834. The molecule has 1 atom stereocenters. The molecule has 1 fully saturated rings. The molecule has 1 N–H and O–H groups in total. The van der Waals surface area contributed by atoms with Crippen molar-refractivity contribution in [1.29, 1.82) is 0 Å². The van der Waals surface area contributed by atoms with Crippen LogP contribution in [0.4, 0.5) is 5.82 Å². The number of nitrogens with zero attached hydrogens (tertiary/aromatic N) is 3. The van der Waals surface area contributed by atoms with Crippen molar-refractivity contribution >= 4 is 28.2 Å². The van der Waals surface area contributed by atoms with Gasteiger partial charge in [-0.2, -0.15) is 0 Å². The van der Waals surface area contributed by atoms with Crippen molar-refractivity contribution in [3.8, 4) is 0 Å². The van der Waals surface area contributed by atoms with Crippen LogP contribution in [0.15, 0.2) is 24.3 Å². The molecule has 0 saturated carbocycles. The van der Waals surface area contributed by atoms with Gasteiger partial charge in [0.05, 0.1) is 0 Å². The van der Waals surface area contributed by atoms with E-state index in [9.17, 15) is 0 Å². The van der Waals surface area contributed by atoms with E-state index < -0.39 is 0 Å². The van der Waals surface area contributed by atoms with E-state index in [1.54, 1.807) is 0 Å². The van der Waals surface area contributed by atoms with E-state index >= 15 is 0 Å². The number of hydrogen-bond donors (Lipinski definition) is 1. The van der Waals surface area contributed by atoms with Crippen LogP contribution in [0.25, 0.3) is 10.8 Å². The van der Waals surface area contributed by atoms with Crippen LogP contribution in [0.3, 0.4) is 0 Å². The van der Waals surface area contributed by atoms with Gasteiger partial charge in [-0.1, -0.05) is 35.9 Å². The molecule has 2 aromatic rings. The van der Waals surface area contributed by atoms with Crippen LogP contribution in [0, 0.1) is 0 Å². The number of likely N-dealkylation sites (N-methyl/N-ethyl adjacent to an activating group) is 1. The Morgan fingerprint density at radius 2 is 2.05 bits per heavy atom. The van der Waals surface area contributed by atoms with Gasteiger partial charge in [0.1, 0.15) is 0 Å². The van der Waals surface area contributed by atoms with Crippen LogP contribution >= 0.6 is 11.6 Å². The molecule has 1 aromatic carbocycles. The lowest BCUT2D eigenvalue weighted by Gasteiger charge is -2.30. The average Bonchev–Trinajstić information content (AvgIpc) is 2.42. The summed E-state index contributed by atoms with van der Waals surface area (Å²) in [6, 6.07) is 8.40. The van der Waals surface area contributed by atoms with E-state index in [2.05, 4.69) is 27.5 Å². The van der Waals surface area contributed by atoms with Gasteiger partial charge < -0.3 is 10.2 Å². The van der Waals surface area contributed by atoms with Gasteiger partial charge in [-0.05, 0) is 26.4 Å². The van der Waals surface area contributed by atoms with Crippen LogP contribution in [0.2, 0.25) is 5.15 Å². The molecule has 1 aliphatic heterocycles. The molecule has 0 bridgehead atoms. The Balaban J connectivity index is 1.90. The number of aromatic nitrogens is 2. The Labute approximate surface area is 117 Å². The minimum absolute atomic E-state index is 0.428. The molecule has 0 radical (unpaired) electrons. The normalized spacial score (nSPS) is 20.6. The van der Waals surface area contributed by atoms with Crippen LogP contribution in [-0.4, -0.2) is 41.3 Å². The number of anilines is 1. The average molecular weight is 277 g/mol. The fourth-order valence-electron chi connectivity index (χ4n) is 2.66. The minimum atomic E-state index is 0.428. The Bertz CT molecular complexity index is 587. The maximum atomic E-state index is 6.09. The molecule has 4 nitrogen and oxygen atoms in total. The molecule has 0 spiro atoms. The summed E-state index contributed by atoms with van der Waals surface area (Å²) in [6.45, 7) is 2.21. The Hall–Kier alpha value is -1.39. The highest BCUT2D eigenvalue weighted by atomic mass is 35.5. The van der Waals surface area contributed by atoms with Gasteiger partial charge in [-0.3, -0.25) is 0 Å². The summed E-state index contributed by atoms with van der Waals surface area (Å²) in [5, 5.41) is 14.2. The zero-order valence-corrected chi connectivity index (χ0v) is 11.7. The van der Waals surface area contributed by atoms with E-state index in [1.165, 1.54) is 19.4 Å². The smallest absolute Gasteiger partial charge is 0.159 e. The van der Waals surface area contributed by atoms with Crippen molar-refractivity contribution in [2.45, 2.75) is 18.9 Å². The molecule has 0 amide bonds. The topological polar surface area (TPSA) is 41.0 Å². The van der Waals surface area contributed by atoms with Gasteiger partial charge in [-0.15, -0.1) is 10.2 Å². The lowest BCUT2D eigenvalue weighted by atomic mass is 10.1.